The normalized spacial score (nSPS) is 11.7. The number of hydrogen-bond acceptors (Lipinski definition) is 2. The van der Waals surface area contributed by atoms with Gasteiger partial charge in [0.2, 0.25) is 0 Å². The average Bonchev–Trinajstić information content (AvgIpc) is 3.04. The van der Waals surface area contributed by atoms with Crippen LogP contribution in [-0.2, 0) is 26.2 Å². The van der Waals surface area contributed by atoms with Gasteiger partial charge in [0.05, 0.1) is 11.9 Å². The molecule has 26 heavy (non-hydrogen) atoms. The lowest BCUT2D eigenvalue weighted by Gasteiger charge is -2.09. The van der Waals surface area contributed by atoms with Crippen LogP contribution in [0.15, 0.2) is 61.1 Å². The molecule has 6 heteroatoms. The lowest BCUT2D eigenvalue weighted by atomic mass is 10.0. The van der Waals surface area contributed by atoms with Gasteiger partial charge in [0, 0.05) is 38.4 Å². The highest BCUT2D eigenvalue weighted by Gasteiger charge is 2.29. The number of imidazole rings is 1. The van der Waals surface area contributed by atoms with Crippen molar-refractivity contribution in [2.75, 3.05) is 6.54 Å². The third-order valence-electron chi connectivity index (χ3n) is 4.30. The van der Waals surface area contributed by atoms with Crippen molar-refractivity contribution in [1.82, 2.24) is 14.9 Å². The maximum atomic E-state index is 12.6. The predicted molar refractivity (Wildman–Crippen MR) is 95.5 cm³/mol. The van der Waals surface area contributed by atoms with Crippen LogP contribution in [0.2, 0.25) is 0 Å². The van der Waals surface area contributed by atoms with Crippen LogP contribution in [0, 0.1) is 0 Å². The molecule has 0 unspecified atom stereocenters. The number of nitrogens with one attached hydrogen (secondary N) is 1. The highest BCUT2D eigenvalue weighted by Crippen LogP contribution is 2.31. The molecule has 1 heterocycles. The number of aromatic nitrogens is 2. The summed E-state index contributed by atoms with van der Waals surface area (Å²) in [6.45, 7) is 1.59. The van der Waals surface area contributed by atoms with Gasteiger partial charge in [-0.25, -0.2) is 4.98 Å². The molecule has 0 fully saturated rings. The van der Waals surface area contributed by atoms with Gasteiger partial charge in [0.15, 0.2) is 0 Å². The quantitative estimate of drug-likeness (QED) is 0.660. The van der Waals surface area contributed by atoms with E-state index in [0.29, 0.717) is 0 Å². The van der Waals surface area contributed by atoms with Gasteiger partial charge in [0.1, 0.15) is 0 Å². The summed E-state index contributed by atoms with van der Waals surface area (Å²) < 4.78 is 39.9. The Labute approximate surface area is 150 Å². The minimum atomic E-state index is -4.30. The minimum absolute atomic E-state index is 0.629. The SMILES string of the molecule is Cn1cncc1CCNCc1ccc(-c2ccc(C(F)(F)F)cc2)cc1. The summed E-state index contributed by atoms with van der Waals surface area (Å²) in [6, 6.07) is 13.1. The molecule has 0 aliphatic heterocycles. The van der Waals surface area contributed by atoms with Crippen molar-refractivity contribution in [2.24, 2.45) is 7.05 Å². The molecule has 0 saturated carbocycles. The molecule has 3 nitrogen and oxygen atoms in total. The molecule has 0 amide bonds. The summed E-state index contributed by atoms with van der Waals surface area (Å²) in [4.78, 5) is 4.09. The standard InChI is InChI=1S/C20H20F3N3/c1-26-14-25-13-19(26)10-11-24-12-15-2-4-16(5-3-15)17-6-8-18(9-7-17)20(21,22)23/h2-9,13-14,24H,10-12H2,1H3. The second-order valence-electron chi connectivity index (χ2n) is 6.19. The zero-order chi connectivity index (χ0) is 18.6. The van der Waals surface area contributed by atoms with E-state index in [9.17, 15) is 13.2 Å². The number of alkyl halides is 3. The highest BCUT2D eigenvalue weighted by molar-refractivity contribution is 5.64. The van der Waals surface area contributed by atoms with E-state index in [1.54, 1.807) is 6.33 Å². The number of nitrogens with zero attached hydrogens (tertiary/aromatic N) is 2. The highest BCUT2D eigenvalue weighted by atomic mass is 19.4. The fraction of sp³-hybridized carbons (Fsp3) is 0.250. The summed E-state index contributed by atoms with van der Waals surface area (Å²) in [5.74, 6) is 0. The molecular weight excluding hydrogens is 339 g/mol. The zero-order valence-corrected chi connectivity index (χ0v) is 14.4. The summed E-state index contributed by atoms with van der Waals surface area (Å²) in [5.41, 5.74) is 3.35. The number of rotatable bonds is 6. The van der Waals surface area contributed by atoms with E-state index in [4.69, 9.17) is 0 Å². The van der Waals surface area contributed by atoms with Crippen molar-refractivity contribution in [3.8, 4) is 11.1 Å². The minimum Gasteiger partial charge on any atom is -0.338 e. The molecule has 136 valence electrons. The van der Waals surface area contributed by atoms with E-state index in [-0.39, 0.29) is 0 Å². The van der Waals surface area contributed by atoms with Crippen LogP contribution in [0.4, 0.5) is 13.2 Å². The van der Waals surface area contributed by atoms with Crippen molar-refractivity contribution >= 4 is 0 Å². The van der Waals surface area contributed by atoms with Gasteiger partial charge in [-0.15, -0.1) is 0 Å². The van der Waals surface area contributed by atoms with Gasteiger partial charge in [-0.1, -0.05) is 36.4 Å². The number of halogens is 3. The first-order valence-corrected chi connectivity index (χ1v) is 8.36. The summed E-state index contributed by atoms with van der Waals surface area (Å²) in [6.07, 6.45) is 0.250. The van der Waals surface area contributed by atoms with E-state index in [1.165, 1.54) is 17.8 Å². The molecule has 3 aromatic rings. The topological polar surface area (TPSA) is 29.9 Å². The van der Waals surface area contributed by atoms with Crippen molar-refractivity contribution in [1.29, 1.82) is 0 Å². The predicted octanol–water partition coefficient (Wildman–Crippen LogP) is 4.44. The largest absolute Gasteiger partial charge is 0.416 e. The van der Waals surface area contributed by atoms with Crippen LogP contribution in [-0.4, -0.2) is 16.1 Å². The fourth-order valence-corrected chi connectivity index (χ4v) is 2.74. The summed E-state index contributed by atoms with van der Waals surface area (Å²) in [7, 11) is 1.97. The number of aryl methyl sites for hydroxylation is 1. The molecule has 2 aromatic carbocycles. The van der Waals surface area contributed by atoms with Crippen LogP contribution in [0.3, 0.4) is 0 Å². The molecule has 0 bridgehead atoms. The third-order valence-corrected chi connectivity index (χ3v) is 4.30. The Morgan fingerprint density at radius 1 is 0.962 bits per heavy atom. The Balaban J connectivity index is 1.54. The Morgan fingerprint density at radius 2 is 1.58 bits per heavy atom. The van der Waals surface area contributed by atoms with Crippen LogP contribution >= 0.6 is 0 Å². The number of hydrogen-bond donors (Lipinski definition) is 1. The Bertz CT molecular complexity index is 834. The van der Waals surface area contributed by atoms with E-state index >= 15 is 0 Å². The Morgan fingerprint density at radius 3 is 2.12 bits per heavy atom. The van der Waals surface area contributed by atoms with E-state index < -0.39 is 11.7 Å². The summed E-state index contributed by atoms with van der Waals surface area (Å²) >= 11 is 0. The monoisotopic (exact) mass is 359 g/mol. The zero-order valence-electron chi connectivity index (χ0n) is 14.4. The average molecular weight is 359 g/mol. The first kappa shape index (κ1) is 18.2. The van der Waals surface area contributed by atoms with Gasteiger partial charge >= 0.3 is 6.18 Å². The smallest absolute Gasteiger partial charge is 0.338 e. The molecule has 1 N–H and O–H groups in total. The number of benzene rings is 2. The van der Waals surface area contributed by atoms with Crippen molar-refractivity contribution in [2.45, 2.75) is 19.1 Å². The van der Waals surface area contributed by atoms with Crippen molar-refractivity contribution in [3.63, 3.8) is 0 Å². The second-order valence-corrected chi connectivity index (χ2v) is 6.19. The lowest BCUT2D eigenvalue weighted by molar-refractivity contribution is -0.137. The van der Waals surface area contributed by atoms with Crippen LogP contribution in [0.1, 0.15) is 16.8 Å². The molecule has 3 rings (SSSR count). The first-order chi connectivity index (χ1) is 12.4. The molecule has 0 radical (unpaired) electrons. The molecule has 0 saturated heterocycles. The first-order valence-electron chi connectivity index (χ1n) is 8.36. The molecule has 0 aliphatic rings. The molecule has 1 aromatic heterocycles. The summed E-state index contributed by atoms with van der Waals surface area (Å²) in [5, 5.41) is 3.38. The van der Waals surface area contributed by atoms with Gasteiger partial charge in [-0.3, -0.25) is 0 Å². The molecule has 0 atom stereocenters. The van der Waals surface area contributed by atoms with E-state index in [2.05, 4.69) is 10.3 Å². The van der Waals surface area contributed by atoms with Gasteiger partial charge in [0.25, 0.3) is 0 Å². The maximum Gasteiger partial charge on any atom is 0.416 e. The van der Waals surface area contributed by atoms with Crippen molar-refractivity contribution < 1.29 is 13.2 Å². The van der Waals surface area contributed by atoms with Gasteiger partial charge in [-0.2, -0.15) is 13.2 Å². The molecule has 0 aliphatic carbocycles. The van der Waals surface area contributed by atoms with E-state index in [0.717, 1.165) is 48.3 Å². The van der Waals surface area contributed by atoms with E-state index in [1.807, 2.05) is 42.1 Å². The second kappa shape index (κ2) is 7.74. The van der Waals surface area contributed by atoms with Crippen LogP contribution < -0.4 is 5.32 Å². The molecule has 0 spiro atoms. The maximum absolute atomic E-state index is 12.6. The van der Waals surface area contributed by atoms with Gasteiger partial charge < -0.3 is 9.88 Å². The van der Waals surface area contributed by atoms with Crippen LogP contribution in [0.25, 0.3) is 11.1 Å². The third kappa shape index (κ3) is 4.52. The Hall–Kier alpha value is -2.60. The van der Waals surface area contributed by atoms with Crippen molar-refractivity contribution in [3.05, 3.63) is 77.9 Å². The van der Waals surface area contributed by atoms with Gasteiger partial charge in [-0.05, 0) is 28.8 Å². The van der Waals surface area contributed by atoms with Crippen LogP contribution in [0.5, 0.6) is 0 Å². The Kier molecular flexibility index (Phi) is 5.42. The molecular formula is C20H20F3N3. The fourth-order valence-electron chi connectivity index (χ4n) is 2.74. The lowest BCUT2D eigenvalue weighted by Crippen LogP contribution is -2.17.